The van der Waals surface area contributed by atoms with Crippen molar-refractivity contribution in [3.63, 3.8) is 0 Å². The highest BCUT2D eigenvalue weighted by Crippen LogP contribution is 2.18. The van der Waals surface area contributed by atoms with Crippen LogP contribution < -0.4 is 5.32 Å². The minimum Gasteiger partial charge on any atom is -0.354 e. The maximum Gasteiger partial charge on any atom is 0.241 e. The fourth-order valence-corrected chi connectivity index (χ4v) is 2.78. The first-order valence-corrected chi connectivity index (χ1v) is 7.69. The number of nitrogens with one attached hydrogen (secondary N) is 1. The number of carbonyl (C=O) groups excluding carboxylic acids is 1. The third-order valence-corrected chi connectivity index (χ3v) is 4.24. The zero-order valence-corrected chi connectivity index (χ0v) is 12.6. The van der Waals surface area contributed by atoms with Gasteiger partial charge in [-0.05, 0) is 44.0 Å². The average molecular weight is 285 g/mol. The summed E-state index contributed by atoms with van der Waals surface area (Å²) in [7, 11) is 0. The monoisotopic (exact) mass is 285 g/mol. The summed E-state index contributed by atoms with van der Waals surface area (Å²) in [5.74, 6) is -0.351. The minimum atomic E-state index is -0.707. The highest BCUT2D eigenvalue weighted by atomic mass is 16.1. The largest absolute Gasteiger partial charge is 0.354 e. The zero-order valence-electron chi connectivity index (χ0n) is 12.6. The highest BCUT2D eigenvalue weighted by molar-refractivity contribution is 5.86. The molecule has 0 radical (unpaired) electrons. The van der Waals surface area contributed by atoms with Crippen LogP contribution >= 0.6 is 0 Å². The summed E-state index contributed by atoms with van der Waals surface area (Å²) in [5, 5.41) is 12.2. The number of rotatable bonds is 5. The van der Waals surface area contributed by atoms with Gasteiger partial charge in [0.25, 0.3) is 0 Å². The summed E-state index contributed by atoms with van der Waals surface area (Å²) in [5.41, 5.74) is 0.762. The van der Waals surface area contributed by atoms with Gasteiger partial charge in [-0.15, -0.1) is 0 Å². The van der Waals surface area contributed by atoms with E-state index in [4.69, 9.17) is 0 Å². The summed E-state index contributed by atoms with van der Waals surface area (Å²) in [6, 6.07) is 11.4. The summed E-state index contributed by atoms with van der Waals surface area (Å²) >= 11 is 0. The standard InChI is InChI=1S/C17H23N3O/c1-2-20-10-8-14(9-11-20)13-19-17(21)16(12-18)15-6-4-3-5-7-15/h3-7,14,16H,2,8-11,13H2,1H3,(H,19,21). The molecule has 0 aliphatic carbocycles. The van der Waals surface area contributed by atoms with E-state index in [2.05, 4.69) is 23.2 Å². The minimum absolute atomic E-state index is 0.179. The number of nitrogens with zero attached hydrogens (tertiary/aromatic N) is 2. The molecule has 4 nitrogen and oxygen atoms in total. The van der Waals surface area contributed by atoms with Crippen LogP contribution in [0.25, 0.3) is 0 Å². The van der Waals surface area contributed by atoms with Gasteiger partial charge in [0.15, 0.2) is 0 Å². The van der Waals surface area contributed by atoms with Crippen LogP contribution in [0.4, 0.5) is 0 Å². The first kappa shape index (κ1) is 15.5. The molecule has 1 unspecified atom stereocenters. The molecule has 0 saturated carbocycles. The van der Waals surface area contributed by atoms with E-state index in [1.165, 1.54) is 0 Å². The lowest BCUT2D eigenvalue weighted by atomic mass is 9.95. The van der Waals surface area contributed by atoms with Crippen LogP contribution in [0.2, 0.25) is 0 Å². The van der Waals surface area contributed by atoms with E-state index in [0.717, 1.165) is 38.0 Å². The maximum absolute atomic E-state index is 12.2. The number of piperidine rings is 1. The predicted molar refractivity (Wildman–Crippen MR) is 82.6 cm³/mol. The average Bonchev–Trinajstić information content (AvgIpc) is 2.55. The van der Waals surface area contributed by atoms with Crippen LogP contribution in [0.3, 0.4) is 0 Å². The van der Waals surface area contributed by atoms with Crippen molar-refractivity contribution in [3.05, 3.63) is 35.9 Å². The molecule has 1 saturated heterocycles. The van der Waals surface area contributed by atoms with E-state index >= 15 is 0 Å². The number of benzene rings is 1. The van der Waals surface area contributed by atoms with Crippen LogP contribution in [0.1, 0.15) is 31.2 Å². The number of hydrogen-bond donors (Lipinski definition) is 1. The Bertz CT molecular complexity index is 487. The number of hydrogen-bond acceptors (Lipinski definition) is 3. The molecular formula is C17H23N3O. The Hall–Kier alpha value is -1.86. The molecule has 2 rings (SSSR count). The molecule has 0 spiro atoms. The van der Waals surface area contributed by atoms with Crippen LogP contribution in [0.5, 0.6) is 0 Å². The number of nitriles is 1. The van der Waals surface area contributed by atoms with Crippen molar-refractivity contribution in [2.75, 3.05) is 26.2 Å². The number of likely N-dealkylation sites (tertiary alicyclic amines) is 1. The second kappa shape index (κ2) is 7.80. The topological polar surface area (TPSA) is 56.1 Å². The molecule has 21 heavy (non-hydrogen) atoms. The van der Waals surface area contributed by atoms with Crippen LogP contribution in [-0.2, 0) is 4.79 Å². The second-order valence-corrected chi connectivity index (χ2v) is 5.60. The quantitative estimate of drug-likeness (QED) is 0.902. The number of carbonyl (C=O) groups is 1. The SMILES string of the molecule is CCN1CCC(CNC(=O)C(C#N)c2ccccc2)CC1. The van der Waals surface area contributed by atoms with Gasteiger partial charge in [0.1, 0.15) is 5.92 Å². The smallest absolute Gasteiger partial charge is 0.241 e. The molecule has 1 aromatic carbocycles. The summed E-state index contributed by atoms with van der Waals surface area (Å²) in [6.07, 6.45) is 2.24. The first-order valence-electron chi connectivity index (χ1n) is 7.69. The van der Waals surface area contributed by atoms with Crippen molar-refractivity contribution in [2.24, 2.45) is 5.92 Å². The summed E-state index contributed by atoms with van der Waals surface area (Å²) < 4.78 is 0. The van der Waals surface area contributed by atoms with E-state index < -0.39 is 5.92 Å². The molecular weight excluding hydrogens is 262 g/mol. The fourth-order valence-electron chi connectivity index (χ4n) is 2.78. The molecule has 0 aromatic heterocycles. The Kier molecular flexibility index (Phi) is 5.77. The van der Waals surface area contributed by atoms with E-state index in [-0.39, 0.29) is 5.91 Å². The summed E-state index contributed by atoms with van der Waals surface area (Å²) in [6.45, 7) is 6.18. The van der Waals surface area contributed by atoms with Crippen molar-refractivity contribution in [3.8, 4) is 6.07 Å². The van der Waals surface area contributed by atoms with Crippen molar-refractivity contribution < 1.29 is 4.79 Å². The molecule has 1 aliphatic rings. The third-order valence-electron chi connectivity index (χ3n) is 4.24. The lowest BCUT2D eigenvalue weighted by Gasteiger charge is -2.31. The van der Waals surface area contributed by atoms with Gasteiger partial charge in [0.05, 0.1) is 6.07 Å². The Labute approximate surface area is 126 Å². The summed E-state index contributed by atoms with van der Waals surface area (Å²) in [4.78, 5) is 14.6. The Morgan fingerprint density at radius 1 is 1.38 bits per heavy atom. The van der Waals surface area contributed by atoms with Gasteiger partial charge in [0.2, 0.25) is 5.91 Å². The molecule has 1 aromatic rings. The maximum atomic E-state index is 12.2. The van der Waals surface area contributed by atoms with Crippen molar-refractivity contribution in [2.45, 2.75) is 25.7 Å². The van der Waals surface area contributed by atoms with Crippen LogP contribution in [0, 0.1) is 17.2 Å². The third kappa shape index (κ3) is 4.30. The fraction of sp³-hybridized carbons (Fsp3) is 0.529. The van der Waals surface area contributed by atoms with Gasteiger partial charge >= 0.3 is 0 Å². The molecule has 1 N–H and O–H groups in total. The Morgan fingerprint density at radius 3 is 2.62 bits per heavy atom. The highest BCUT2D eigenvalue weighted by Gasteiger charge is 2.22. The molecule has 1 aliphatic heterocycles. The Morgan fingerprint density at radius 2 is 2.05 bits per heavy atom. The molecule has 1 atom stereocenters. The molecule has 1 amide bonds. The molecule has 112 valence electrons. The Balaban J connectivity index is 1.83. The van der Waals surface area contributed by atoms with Crippen molar-refractivity contribution >= 4 is 5.91 Å². The van der Waals surface area contributed by atoms with E-state index in [1.807, 2.05) is 30.3 Å². The molecule has 0 bridgehead atoms. The number of amides is 1. The van der Waals surface area contributed by atoms with Gasteiger partial charge in [-0.25, -0.2) is 0 Å². The van der Waals surface area contributed by atoms with Crippen molar-refractivity contribution in [1.29, 1.82) is 5.26 Å². The lowest BCUT2D eigenvalue weighted by Crippen LogP contribution is -2.39. The molecule has 4 heteroatoms. The second-order valence-electron chi connectivity index (χ2n) is 5.60. The molecule has 1 heterocycles. The van der Waals surface area contributed by atoms with Crippen LogP contribution in [-0.4, -0.2) is 37.0 Å². The van der Waals surface area contributed by atoms with Crippen LogP contribution in [0.15, 0.2) is 30.3 Å². The van der Waals surface area contributed by atoms with E-state index in [1.54, 1.807) is 0 Å². The zero-order chi connectivity index (χ0) is 15.1. The van der Waals surface area contributed by atoms with Gasteiger partial charge in [-0.1, -0.05) is 37.3 Å². The van der Waals surface area contributed by atoms with Gasteiger partial charge in [-0.3, -0.25) is 4.79 Å². The molecule has 1 fully saturated rings. The normalized spacial score (nSPS) is 17.9. The van der Waals surface area contributed by atoms with Crippen molar-refractivity contribution in [1.82, 2.24) is 10.2 Å². The van der Waals surface area contributed by atoms with Gasteiger partial charge in [0, 0.05) is 6.54 Å². The van der Waals surface area contributed by atoms with Gasteiger partial charge in [-0.2, -0.15) is 5.26 Å². The lowest BCUT2D eigenvalue weighted by molar-refractivity contribution is -0.121. The van der Waals surface area contributed by atoms with E-state index in [0.29, 0.717) is 12.5 Å². The van der Waals surface area contributed by atoms with Gasteiger partial charge < -0.3 is 10.2 Å². The predicted octanol–water partition coefficient (Wildman–Crippen LogP) is 2.14. The van der Waals surface area contributed by atoms with E-state index in [9.17, 15) is 10.1 Å². The first-order chi connectivity index (χ1) is 10.2.